The molecule has 0 radical (unpaired) electrons. The van der Waals surface area contributed by atoms with Gasteiger partial charge in [-0.05, 0) is 11.1 Å². The Balaban J connectivity index is 1.74. The zero-order valence-corrected chi connectivity index (χ0v) is 12.4. The fourth-order valence-corrected chi connectivity index (χ4v) is 3.09. The van der Waals surface area contributed by atoms with E-state index in [9.17, 15) is 4.21 Å². The average Bonchev–Trinajstić information content (AvgIpc) is 2.87. The average molecular weight is 296 g/mol. The Morgan fingerprint density at radius 2 is 1.52 bits per heavy atom. The van der Waals surface area contributed by atoms with Crippen molar-refractivity contribution in [1.82, 2.24) is 4.90 Å². The summed E-state index contributed by atoms with van der Waals surface area (Å²) >= 11 is 0. The van der Waals surface area contributed by atoms with Crippen molar-refractivity contribution in [2.75, 3.05) is 0 Å². The van der Waals surface area contributed by atoms with Crippen molar-refractivity contribution >= 4 is 16.0 Å². The highest BCUT2D eigenvalue weighted by molar-refractivity contribution is 8.03. The zero-order valence-electron chi connectivity index (χ0n) is 11.6. The van der Waals surface area contributed by atoms with E-state index in [1.807, 2.05) is 59.6 Å². The second kappa shape index (κ2) is 6.50. The van der Waals surface area contributed by atoms with Gasteiger partial charge in [-0.1, -0.05) is 60.7 Å². The Morgan fingerprint density at radius 1 is 0.905 bits per heavy atom. The first-order chi connectivity index (χ1) is 10.3. The van der Waals surface area contributed by atoms with Gasteiger partial charge < -0.3 is 4.90 Å². The molecule has 106 valence electrons. The van der Waals surface area contributed by atoms with Crippen LogP contribution in [0.3, 0.4) is 0 Å². The molecule has 1 aliphatic heterocycles. The van der Waals surface area contributed by atoms with Crippen LogP contribution in [-0.4, -0.2) is 14.3 Å². The summed E-state index contributed by atoms with van der Waals surface area (Å²) in [5, 5.41) is 2.31. The molecule has 4 heteroatoms. The van der Waals surface area contributed by atoms with Crippen LogP contribution in [0.15, 0.2) is 77.3 Å². The minimum atomic E-state index is -1.14. The van der Waals surface area contributed by atoms with Crippen LogP contribution in [0.5, 0.6) is 0 Å². The molecule has 3 rings (SSSR count). The van der Waals surface area contributed by atoms with Crippen molar-refractivity contribution in [1.29, 1.82) is 0 Å². The van der Waals surface area contributed by atoms with E-state index in [-0.39, 0.29) is 0 Å². The highest BCUT2D eigenvalue weighted by Gasteiger charge is 2.20. The molecule has 0 aromatic heterocycles. The molecule has 3 nitrogen and oxygen atoms in total. The van der Waals surface area contributed by atoms with Crippen molar-refractivity contribution in [2.24, 2.45) is 4.99 Å². The zero-order chi connectivity index (χ0) is 14.5. The van der Waals surface area contributed by atoms with E-state index >= 15 is 0 Å². The number of benzene rings is 2. The summed E-state index contributed by atoms with van der Waals surface area (Å²) in [4.78, 5) is 6.48. The monoisotopic (exact) mass is 296 g/mol. The van der Waals surface area contributed by atoms with Gasteiger partial charge in [-0.15, -0.1) is 0 Å². The van der Waals surface area contributed by atoms with E-state index in [1.165, 1.54) is 5.56 Å². The molecule has 1 heterocycles. The lowest BCUT2D eigenvalue weighted by molar-refractivity contribution is 0.563. The highest BCUT2D eigenvalue weighted by Crippen LogP contribution is 2.15. The van der Waals surface area contributed by atoms with Crippen molar-refractivity contribution < 1.29 is 4.21 Å². The van der Waals surface area contributed by atoms with E-state index < -0.39 is 10.8 Å². The molecular weight excluding hydrogens is 280 g/mol. The summed E-state index contributed by atoms with van der Waals surface area (Å²) in [5.41, 5.74) is 2.29. The quantitative estimate of drug-likeness (QED) is 0.867. The van der Waals surface area contributed by atoms with Crippen LogP contribution in [0.2, 0.25) is 0 Å². The van der Waals surface area contributed by atoms with Gasteiger partial charge in [-0.3, -0.25) is 4.99 Å². The predicted molar refractivity (Wildman–Crippen MR) is 86.8 cm³/mol. The van der Waals surface area contributed by atoms with Crippen LogP contribution < -0.4 is 0 Å². The molecule has 1 atom stereocenters. The summed E-state index contributed by atoms with van der Waals surface area (Å²) in [6.07, 6.45) is 1.85. The maximum absolute atomic E-state index is 12.0. The van der Waals surface area contributed by atoms with Crippen LogP contribution in [0.4, 0.5) is 0 Å². The van der Waals surface area contributed by atoms with Crippen molar-refractivity contribution in [3.63, 3.8) is 0 Å². The summed E-state index contributed by atoms with van der Waals surface area (Å²) in [5.74, 6) is 0. The number of aliphatic imine (C=N–C) groups is 1. The van der Waals surface area contributed by atoms with Gasteiger partial charge in [-0.25, -0.2) is 4.21 Å². The van der Waals surface area contributed by atoms with Gasteiger partial charge in [0.05, 0.1) is 6.54 Å². The van der Waals surface area contributed by atoms with Crippen molar-refractivity contribution in [2.45, 2.75) is 13.1 Å². The van der Waals surface area contributed by atoms with E-state index in [1.54, 1.807) is 5.41 Å². The molecule has 21 heavy (non-hydrogen) atoms. The maximum Gasteiger partial charge on any atom is 0.199 e. The predicted octanol–water partition coefficient (Wildman–Crippen LogP) is 3.28. The Bertz CT molecular complexity index is 680. The molecule has 1 aliphatic rings. The standard InChI is InChI=1S/C17H16N2OS/c20-21-12-11-19(14-16-9-5-2-6-10-16)17(21)18-13-15-7-3-1-4-8-15/h1-12H,13-14H2. The maximum atomic E-state index is 12.0. The molecule has 0 saturated heterocycles. The minimum absolute atomic E-state index is 0.550. The van der Waals surface area contributed by atoms with E-state index in [4.69, 9.17) is 0 Å². The third kappa shape index (κ3) is 3.47. The fraction of sp³-hybridized carbons (Fsp3) is 0.118. The third-order valence-corrected chi connectivity index (χ3v) is 4.32. The molecule has 0 bridgehead atoms. The number of amidine groups is 1. The number of rotatable bonds is 4. The first kappa shape index (κ1) is 13.8. The van der Waals surface area contributed by atoms with Crippen LogP contribution in [0, 0.1) is 0 Å². The highest BCUT2D eigenvalue weighted by atomic mass is 32.2. The molecule has 0 saturated carbocycles. The second-order valence-electron chi connectivity index (χ2n) is 4.78. The first-order valence-corrected chi connectivity index (χ1v) is 8.02. The first-order valence-electron chi connectivity index (χ1n) is 6.81. The lowest BCUT2D eigenvalue weighted by atomic mass is 10.2. The number of hydrogen-bond acceptors (Lipinski definition) is 2. The summed E-state index contributed by atoms with van der Waals surface area (Å²) in [7, 11) is -1.14. The van der Waals surface area contributed by atoms with Crippen LogP contribution in [-0.2, 0) is 23.9 Å². The van der Waals surface area contributed by atoms with Crippen LogP contribution in [0.25, 0.3) is 0 Å². The summed E-state index contributed by atoms with van der Waals surface area (Å²) in [6.45, 7) is 1.24. The Hall–Kier alpha value is -2.20. The Kier molecular flexibility index (Phi) is 4.26. The summed E-state index contributed by atoms with van der Waals surface area (Å²) < 4.78 is 12.0. The van der Waals surface area contributed by atoms with Gasteiger partial charge in [0.25, 0.3) is 0 Å². The summed E-state index contributed by atoms with van der Waals surface area (Å²) in [6, 6.07) is 20.1. The molecule has 0 spiro atoms. The van der Waals surface area contributed by atoms with E-state index in [2.05, 4.69) is 17.1 Å². The SMILES string of the molecule is O=S1C=CN(Cc2ccccc2)C1=NCc1ccccc1. The molecule has 0 amide bonds. The molecule has 0 fully saturated rings. The lowest BCUT2D eigenvalue weighted by Crippen LogP contribution is -2.23. The van der Waals surface area contributed by atoms with Crippen LogP contribution >= 0.6 is 0 Å². The minimum Gasteiger partial charge on any atom is -0.321 e. The Morgan fingerprint density at radius 3 is 2.19 bits per heavy atom. The molecule has 0 N–H and O–H groups in total. The Labute approximate surface area is 127 Å². The van der Waals surface area contributed by atoms with Gasteiger partial charge >= 0.3 is 0 Å². The van der Waals surface area contributed by atoms with E-state index in [0.29, 0.717) is 18.3 Å². The van der Waals surface area contributed by atoms with Gasteiger partial charge in [0, 0.05) is 18.2 Å². The number of nitrogens with zero attached hydrogens (tertiary/aromatic N) is 2. The van der Waals surface area contributed by atoms with Crippen molar-refractivity contribution in [3.05, 3.63) is 83.4 Å². The third-order valence-electron chi connectivity index (χ3n) is 3.23. The molecule has 1 unspecified atom stereocenters. The largest absolute Gasteiger partial charge is 0.321 e. The number of hydrogen-bond donors (Lipinski definition) is 0. The molecular formula is C17H16N2OS. The molecule has 2 aromatic carbocycles. The van der Waals surface area contributed by atoms with Gasteiger partial charge in [0.2, 0.25) is 0 Å². The van der Waals surface area contributed by atoms with Crippen molar-refractivity contribution in [3.8, 4) is 0 Å². The van der Waals surface area contributed by atoms with E-state index in [0.717, 1.165) is 5.56 Å². The van der Waals surface area contributed by atoms with Gasteiger partial charge in [0.15, 0.2) is 5.17 Å². The lowest BCUT2D eigenvalue weighted by Gasteiger charge is -2.16. The van der Waals surface area contributed by atoms with Gasteiger partial charge in [-0.2, -0.15) is 0 Å². The second-order valence-corrected chi connectivity index (χ2v) is 6.01. The molecule has 2 aromatic rings. The fourth-order valence-electron chi connectivity index (χ4n) is 2.17. The smallest absolute Gasteiger partial charge is 0.199 e. The topological polar surface area (TPSA) is 32.7 Å². The molecule has 0 aliphatic carbocycles. The van der Waals surface area contributed by atoms with Gasteiger partial charge in [0.1, 0.15) is 10.8 Å². The normalized spacial score (nSPS) is 19.3. The van der Waals surface area contributed by atoms with Crippen LogP contribution in [0.1, 0.15) is 11.1 Å².